The number of amides is 1. The second-order valence-corrected chi connectivity index (χ2v) is 6.63. The highest BCUT2D eigenvalue weighted by Gasteiger charge is 2.20. The molecular formula is C21H26N2O5. The number of alkyl carbamates (subject to hydrolysis) is 1. The maximum Gasteiger partial charge on any atom is 0.408 e. The number of carbonyl (C=O) groups is 2. The van der Waals surface area contributed by atoms with Gasteiger partial charge < -0.3 is 19.3 Å². The minimum absolute atomic E-state index is 0.188. The molecule has 0 radical (unpaired) electrons. The van der Waals surface area contributed by atoms with Crippen molar-refractivity contribution in [2.75, 3.05) is 6.61 Å². The fourth-order valence-electron chi connectivity index (χ4n) is 2.52. The van der Waals surface area contributed by atoms with Crippen molar-refractivity contribution in [3.05, 3.63) is 59.5 Å². The molecule has 1 heterocycles. The lowest BCUT2D eigenvalue weighted by atomic mass is 10.0. The quantitative estimate of drug-likeness (QED) is 0.511. The zero-order valence-corrected chi connectivity index (χ0v) is 16.4. The van der Waals surface area contributed by atoms with E-state index in [1.165, 1.54) is 12.2 Å². The van der Waals surface area contributed by atoms with Gasteiger partial charge in [0.15, 0.2) is 5.76 Å². The smallest absolute Gasteiger partial charge is 0.408 e. The molecule has 1 N–H and O–H groups in total. The van der Waals surface area contributed by atoms with Crippen molar-refractivity contribution < 1.29 is 23.6 Å². The van der Waals surface area contributed by atoms with Crippen LogP contribution in [0.25, 0.3) is 6.08 Å². The lowest BCUT2D eigenvalue weighted by molar-refractivity contribution is -0.137. The molecule has 0 aliphatic rings. The number of esters is 1. The summed E-state index contributed by atoms with van der Waals surface area (Å²) in [5.74, 6) is 0.257. The Labute approximate surface area is 164 Å². The van der Waals surface area contributed by atoms with Crippen LogP contribution >= 0.6 is 0 Å². The molecule has 0 saturated heterocycles. The van der Waals surface area contributed by atoms with Gasteiger partial charge in [-0.15, -0.1) is 0 Å². The first-order valence-electron chi connectivity index (χ1n) is 9.26. The number of ether oxygens (including phenoxy) is 2. The van der Waals surface area contributed by atoms with Crippen LogP contribution in [0.3, 0.4) is 0 Å². The van der Waals surface area contributed by atoms with Crippen molar-refractivity contribution in [3.8, 4) is 0 Å². The van der Waals surface area contributed by atoms with Gasteiger partial charge in [-0.05, 0) is 30.9 Å². The zero-order chi connectivity index (χ0) is 20.4. The predicted molar refractivity (Wildman–Crippen MR) is 104 cm³/mol. The van der Waals surface area contributed by atoms with Gasteiger partial charge in [-0.3, -0.25) is 0 Å². The second kappa shape index (κ2) is 10.9. The number of nitrogens with one attached hydrogen (secondary N) is 1. The fourth-order valence-corrected chi connectivity index (χ4v) is 2.52. The molecule has 0 aliphatic heterocycles. The van der Waals surface area contributed by atoms with Crippen molar-refractivity contribution in [2.24, 2.45) is 5.92 Å². The Bertz CT molecular complexity index is 783. The summed E-state index contributed by atoms with van der Waals surface area (Å²) in [5, 5.41) is 6.85. The molecule has 0 bridgehead atoms. The van der Waals surface area contributed by atoms with E-state index in [0.29, 0.717) is 30.4 Å². The number of hydrogen-bond acceptors (Lipinski definition) is 6. The maximum absolute atomic E-state index is 12.2. The molecule has 7 nitrogen and oxygen atoms in total. The molecule has 1 aromatic heterocycles. The zero-order valence-electron chi connectivity index (χ0n) is 16.4. The Morgan fingerprint density at radius 2 is 1.96 bits per heavy atom. The monoisotopic (exact) mass is 386 g/mol. The predicted octanol–water partition coefficient (Wildman–Crippen LogP) is 4.26. The Balaban J connectivity index is 1.98. The number of carbonyl (C=O) groups excluding carboxylic acids is 2. The second-order valence-electron chi connectivity index (χ2n) is 6.63. The van der Waals surface area contributed by atoms with E-state index in [2.05, 4.69) is 10.5 Å². The summed E-state index contributed by atoms with van der Waals surface area (Å²) in [6.07, 6.45) is 2.89. The molecule has 7 heteroatoms. The van der Waals surface area contributed by atoms with E-state index in [1.807, 2.05) is 44.2 Å². The van der Waals surface area contributed by atoms with Crippen molar-refractivity contribution in [2.45, 2.75) is 39.8 Å². The van der Waals surface area contributed by atoms with Crippen LogP contribution in [0.1, 0.15) is 50.3 Å². The van der Waals surface area contributed by atoms with Crippen molar-refractivity contribution in [1.82, 2.24) is 10.5 Å². The van der Waals surface area contributed by atoms with Crippen LogP contribution < -0.4 is 5.32 Å². The molecule has 150 valence electrons. The third-order valence-corrected chi connectivity index (χ3v) is 3.79. The summed E-state index contributed by atoms with van der Waals surface area (Å²) in [6.45, 7) is 6.32. The third kappa shape index (κ3) is 7.26. The summed E-state index contributed by atoms with van der Waals surface area (Å²) in [7, 11) is 0. The Hall–Kier alpha value is -3.09. The van der Waals surface area contributed by atoms with Crippen LogP contribution in [0.5, 0.6) is 0 Å². The topological polar surface area (TPSA) is 90.7 Å². The van der Waals surface area contributed by atoms with E-state index in [4.69, 9.17) is 14.0 Å². The van der Waals surface area contributed by atoms with Crippen LogP contribution in [0.15, 0.2) is 47.0 Å². The van der Waals surface area contributed by atoms with E-state index in [1.54, 1.807) is 13.0 Å². The van der Waals surface area contributed by atoms with Crippen LogP contribution in [0.4, 0.5) is 4.79 Å². The van der Waals surface area contributed by atoms with Gasteiger partial charge in [0.2, 0.25) is 0 Å². The van der Waals surface area contributed by atoms with Crippen molar-refractivity contribution in [1.29, 1.82) is 0 Å². The minimum atomic E-state index is -0.527. The van der Waals surface area contributed by atoms with Gasteiger partial charge in [0.25, 0.3) is 0 Å². The van der Waals surface area contributed by atoms with Gasteiger partial charge in [-0.2, -0.15) is 0 Å². The number of benzene rings is 1. The fraction of sp³-hybridized carbons (Fsp3) is 0.381. The summed E-state index contributed by atoms with van der Waals surface area (Å²) in [4.78, 5) is 23.6. The van der Waals surface area contributed by atoms with Gasteiger partial charge in [-0.25, -0.2) is 9.59 Å². The highest BCUT2D eigenvalue weighted by molar-refractivity contribution is 5.86. The van der Waals surface area contributed by atoms with Crippen molar-refractivity contribution in [3.63, 3.8) is 0 Å². The minimum Gasteiger partial charge on any atom is -0.463 e. The Morgan fingerprint density at radius 1 is 1.21 bits per heavy atom. The lowest BCUT2D eigenvalue weighted by Gasteiger charge is -2.18. The SMILES string of the molecule is CCOC(=O)/C=C/c1cc(C(CC(C)C)NC(=O)OCc2ccccc2)no1. The number of aromatic nitrogens is 1. The maximum atomic E-state index is 12.2. The van der Waals surface area contributed by atoms with E-state index < -0.39 is 12.1 Å². The van der Waals surface area contributed by atoms with Crippen LogP contribution in [-0.4, -0.2) is 23.8 Å². The van der Waals surface area contributed by atoms with Crippen LogP contribution in [0.2, 0.25) is 0 Å². The Morgan fingerprint density at radius 3 is 2.64 bits per heavy atom. The lowest BCUT2D eigenvalue weighted by Crippen LogP contribution is -2.30. The molecule has 1 atom stereocenters. The van der Waals surface area contributed by atoms with Crippen molar-refractivity contribution >= 4 is 18.1 Å². The van der Waals surface area contributed by atoms with Gasteiger partial charge >= 0.3 is 12.1 Å². The Kier molecular flexibility index (Phi) is 8.27. The van der Waals surface area contributed by atoms with Gasteiger partial charge in [-0.1, -0.05) is 49.3 Å². The van der Waals surface area contributed by atoms with Crippen LogP contribution in [0, 0.1) is 5.92 Å². The summed E-state index contributed by atoms with van der Waals surface area (Å²) < 4.78 is 15.3. The number of nitrogens with zero attached hydrogens (tertiary/aromatic N) is 1. The largest absolute Gasteiger partial charge is 0.463 e. The van der Waals surface area contributed by atoms with Gasteiger partial charge in [0.05, 0.1) is 12.6 Å². The molecule has 0 spiro atoms. The van der Waals surface area contributed by atoms with E-state index in [0.717, 1.165) is 5.56 Å². The molecule has 0 saturated carbocycles. The molecular weight excluding hydrogens is 360 g/mol. The summed E-state index contributed by atoms with van der Waals surface area (Å²) in [5.41, 5.74) is 1.47. The average Bonchev–Trinajstić information content (AvgIpc) is 3.14. The van der Waals surface area contributed by atoms with E-state index >= 15 is 0 Å². The van der Waals surface area contributed by atoms with Crippen LogP contribution in [-0.2, 0) is 20.9 Å². The normalized spacial score (nSPS) is 12.1. The highest BCUT2D eigenvalue weighted by atomic mass is 16.5. The first-order chi connectivity index (χ1) is 13.5. The first-order valence-corrected chi connectivity index (χ1v) is 9.26. The molecule has 2 rings (SSSR count). The summed E-state index contributed by atoms with van der Waals surface area (Å²) >= 11 is 0. The average molecular weight is 386 g/mol. The molecule has 0 fully saturated rings. The van der Waals surface area contributed by atoms with Gasteiger partial charge in [0, 0.05) is 12.1 Å². The highest BCUT2D eigenvalue weighted by Crippen LogP contribution is 2.22. The van der Waals surface area contributed by atoms with E-state index in [9.17, 15) is 9.59 Å². The van der Waals surface area contributed by atoms with Gasteiger partial charge in [0.1, 0.15) is 12.3 Å². The molecule has 2 aromatic rings. The van der Waals surface area contributed by atoms with E-state index in [-0.39, 0.29) is 12.6 Å². The molecule has 28 heavy (non-hydrogen) atoms. The molecule has 0 aliphatic carbocycles. The third-order valence-electron chi connectivity index (χ3n) is 3.79. The number of hydrogen-bond donors (Lipinski definition) is 1. The molecule has 1 aromatic carbocycles. The summed E-state index contributed by atoms with van der Waals surface area (Å²) in [6, 6.07) is 10.8. The number of rotatable bonds is 9. The standard InChI is InChI=1S/C21H26N2O5/c1-4-26-20(24)11-10-17-13-19(23-28-17)18(12-15(2)3)22-21(25)27-14-16-8-6-5-7-9-16/h5-11,13,15,18H,4,12,14H2,1-3H3,(H,22,25)/b11-10+. The molecule has 1 unspecified atom stereocenters. The first kappa shape index (κ1) is 21.2. The molecule has 1 amide bonds.